The summed E-state index contributed by atoms with van der Waals surface area (Å²) in [5, 5.41) is 0. The zero-order valence-corrected chi connectivity index (χ0v) is 10.9. The van der Waals surface area contributed by atoms with Crippen LogP contribution in [0.4, 0.5) is 0 Å². The summed E-state index contributed by atoms with van der Waals surface area (Å²) in [5.41, 5.74) is 3.02. The van der Waals surface area contributed by atoms with Crippen molar-refractivity contribution in [2.45, 2.75) is 18.2 Å². The lowest BCUT2D eigenvalue weighted by atomic mass is 10.1. The number of alkyl halides is 1. The number of hydrogen-bond donors (Lipinski definition) is 0. The van der Waals surface area contributed by atoms with Gasteiger partial charge in [-0.05, 0) is 37.1 Å². The van der Waals surface area contributed by atoms with Crippen molar-refractivity contribution in [3.05, 3.63) is 47.5 Å². The molecule has 1 aliphatic carbocycles. The van der Waals surface area contributed by atoms with E-state index in [2.05, 4.69) is 27.0 Å². The third-order valence-corrected chi connectivity index (χ3v) is 3.88. The highest BCUT2D eigenvalue weighted by Gasteiger charge is 2.28. The van der Waals surface area contributed by atoms with Crippen molar-refractivity contribution in [3.63, 3.8) is 0 Å². The molecule has 1 atom stereocenters. The number of halogens is 1. The maximum Gasteiger partial charge on any atom is 0.177 e. The molecule has 0 radical (unpaired) electrons. The average molecular weight is 291 g/mol. The van der Waals surface area contributed by atoms with E-state index in [1.807, 2.05) is 29.8 Å². The van der Waals surface area contributed by atoms with E-state index < -0.39 is 0 Å². The largest absolute Gasteiger partial charge is 0.304 e. The summed E-state index contributed by atoms with van der Waals surface area (Å²) in [6.45, 7) is 1.96. The average Bonchev–Trinajstić information content (AvgIpc) is 2.84. The lowest BCUT2D eigenvalue weighted by Crippen LogP contribution is -2.05. The molecule has 0 amide bonds. The molecule has 0 aliphatic heterocycles. The molecule has 86 valence electrons. The number of imidazole rings is 1. The number of benzene rings is 1. The van der Waals surface area contributed by atoms with Gasteiger partial charge in [0.25, 0.3) is 0 Å². The van der Waals surface area contributed by atoms with Gasteiger partial charge in [0.1, 0.15) is 5.82 Å². The summed E-state index contributed by atoms with van der Waals surface area (Å²) in [5.74, 6) is 1.14. The fourth-order valence-corrected chi connectivity index (χ4v) is 2.84. The Kier molecular flexibility index (Phi) is 2.40. The van der Waals surface area contributed by atoms with Crippen LogP contribution in [0.2, 0.25) is 0 Å². The molecule has 3 nitrogen and oxygen atoms in total. The first-order chi connectivity index (χ1) is 8.16. The monoisotopic (exact) mass is 290 g/mol. The third kappa shape index (κ3) is 1.63. The Morgan fingerprint density at radius 3 is 3.00 bits per heavy atom. The predicted molar refractivity (Wildman–Crippen MR) is 69.1 cm³/mol. The lowest BCUT2D eigenvalue weighted by molar-refractivity contribution is 0.100. The number of fused-ring (bicyclic) bond motifs is 1. The van der Waals surface area contributed by atoms with Gasteiger partial charge < -0.3 is 4.57 Å². The Morgan fingerprint density at radius 2 is 2.29 bits per heavy atom. The van der Waals surface area contributed by atoms with E-state index in [0.717, 1.165) is 29.1 Å². The number of hydrogen-bond acceptors (Lipinski definition) is 2. The molecule has 17 heavy (non-hydrogen) atoms. The third-order valence-electron chi connectivity index (χ3n) is 3.14. The van der Waals surface area contributed by atoms with Gasteiger partial charge in [0, 0.05) is 23.6 Å². The van der Waals surface area contributed by atoms with Crippen LogP contribution in [0, 0.1) is 6.92 Å². The minimum absolute atomic E-state index is 0.0587. The normalized spacial score (nSPS) is 18.5. The van der Waals surface area contributed by atoms with E-state index in [4.69, 9.17) is 0 Å². The van der Waals surface area contributed by atoms with E-state index in [-0.39, 0.29) is 10.6 Å². The zero-order chi connectivity index (χ0) is 12.0. The number of aromatic nitrogens is 2. The summed E-state index contributed by atoms with van der Waals surface area (Å²) in [6, 6.07) is 5.95. The molecule has 1 heterocycles. The molecule has 4 heteroatoms. The van der Waals surface area contributed by atoms with Gasteiger partial charge in [0.15, 0.2) is 5.78 Å². The second-order valence-corrected chi connectivity index (χ2v) is 5.33. The SMILES string of the molecule is Cc1nccn1-c1ccc2c(c1)CC(Br)C2=O. The van der Waals surface area contributed by atoms with Crippen molar-refractivity contribution in [3.8, 4) is 5.69 Å². The van der Waals surface area contributed by atoms with Gasteiger partial charge in [0.2, 0.25) is 0 Å². The Morgan fingerprint density at radius 1 is 1.47 bits per heavy atom. The van der Waals surface area contributed by atoms with E-state index in [1.165, 1.54) is 0 Å². The van der Waals surface area contributed by atoms with Crippen molar-refractivity contribution < 1.29 is 4.79 Å². The van der Waals surface area contributed by atoms with E-state index in [9.17, 15) is 4.79 Å². The standard InChI is InChI=1S/C13H11BrN2O/c1-8-15-4-5-16(8)10-2-3-11-9(6-10)7-12(14)13(11)17/h2-6,12H,7H2,1H3. The molecule has 3 rings (SSSR count). The molecular formula is C13H11BrN2O. The number of rotatable bonds is 1. The number of aryl methyl sites for hydroxylation is 1. The van der Waals surface area contributed by atoms with Crippen molar-refractivity contribution in [2.24, 2.45) is 0 Å². The van der Waals surface area contributed by atoms with Crippen LogP contribution in [0.3, 0.4) is 0 Å². The summed E-state index contributed by atoms with van der Waals surface area (Å²) in [4.78, 5) is 15.9. The van der Waals surface area contributed by atoms with Crippen molar-refractivity contribution in [1.29, 1.82) is 0 Å². The maximum atomic E-state index is 11.8. The number of ketones is 1. The van der Waals surface area contributed by atoms with Crippen molar-refractivity contribution in [1.82, 2.24) is 9.55 Å². The Balaban J connectivity index is 2.10. The smallest absolute Gasteiger partial charge is 0.177 e. The van der Waals surface area contributed by atoms with Gasteiger partial charge in [0.05, 0.1) is 4.83 Å². The summed E-state index contributed by atoms with van der Waals surface area (Å²) in [6.07, 6.45) is 4.48. The molecule has 0 spiro atoms. The molecule has 0 bridgehead atoms. The highest BCUT2D eigenvalue weighted by Crippen LogP contribution is 2.28. The maximum absolute atomic E-state index is 11.8. The molecule has 1 aromatic carbocycles. The zero-order valence-electron chi connectivity index (χ0n) is 9.35. The van der Waals surface area contributed by atoms with Gasteiger partial charge in [-0.15, -0.1) is 0 Å². The topological polar surface area (TPSA) is 34.9 Å². The fourth-order valence-electron chi connectivity index (χ4n) is 2.24. The van der Waals surface area contributed by atoms with E-state index in [0.29, 0.717) is 0 Å². The van der Waals surface area contributed by atoms with E-state index >= 15 is 0 Å². The first kappa shape index (κ1) is 10.7. The number of Topliss-reactive ketones (excluding diaryl/α,β-unsaturated/α-hetero) is 1. The van der Waals surface area contributed by atoms with Crippen LogP contribution in [0.5, 0.6) is 0 Å². The van der Waals surface area contributed by atoms with Crippen LogP contribution < -0.4 is 0 Å². The van der Waals surface area contributed by atoms with Crippen LogP contribution in [0.15, 0.2) is 30.6 Å². The molecule has 1 unspecified atom stereocenters. The van der Waals surface area contributed by atoms with E-state index in [1.54, 1.807) is 6.20 Å². The molecule has 0 saturated heterocycles. The van der Waals surface area contributed by atoms with Crippen LogP contribution in [0.1, 0.15) is 21.7 Å². The minimum atomic E-state index is -0.0587. The highest BCUT2D eigenvalue weighted by molar-refractivity contribution is 9.10. The van der Waals surface area contributed by atoms with Gasteiger partial charge >= 0.3 is 0 Å². The molecule has 1 aromatic heterocycles. The number of carbonyl (C=O) groups is 1. The van der Waals surface area contributed by atoms with Crippen molar-refractivity contribution >= 4 is 21.7 Å². The van der Waals surface area contributed by atoms with Crippen LogP contribution in [-0.2, 0) is 6.42 Å². The highest BCUT2D eigenvalue weighted by atomic mass is 79.9. The molecular weight excluding hydrogens is 280 g/mol. The Hall–Kier alpha value is -1.42. The Labute approximate surface area is 108 Å². The second-order valence-electron chi connectivity index (χ2n) is 4.22. The number of nitrogens with zero attached hydrogens (tertiary/aromatic N) is 2. The molecule has 0 saturated carbocycles. The summed E-state index contributed by atoms with van der Waals surface area (Å²) < 4.78 is 2.02. The van der Waals surface area contributed by atoms with Gasteiger partial charge in [-0.1, -0.05) is 15.9 Å². The number of carbonyl (C=O) groups excluding carboxylic acids is 1. The van der Waals surface area contributed by atoms with Crippen molar-refractivity contribution in [2.75, 3.05) is 0 Å². The molecule has 0 N–H and O–H groups in total. The minimum Gasteiger partial charge on any atom is -0.304 e. The van der Waals surface area contributed by atoms with Crippen LogP contribution in [-0.4, -0.2) is 20.2 Å². The molecule has 1 aliphatic rings. The quantitative estimate of drug-likeness (QED) is 0.757. The lowest BCUT2D eigenvalue weighted by Gasteiger charge is -2.06. The Bertz CT molecular complexity index is 603. The fraction of sp³-hybridized carbons (Fsp3) is 0.231. The first-order valence-corrected chi connectivity index (χ1v) is 6.40. The van der Waals surface area contributed by atoms with Crippen LogP contribution >= 0.6 is 15.9 Å². The summed E-state index contributed by atoms with van der Waals surface area (Å²) >= 11 is 3.40. The van der Waals surface area contributed by atoms with Gasteiger partial charge in [-0.2, -0.15) is 0 Å². The van der Waals surface area contributed by atoms with Crippen LogP contribution in [0.25, 0.3) is 5.69 Å². The molecule has 2 aromatic rings. The predicted octanol–water partition coefficient (Wildman–Crippen LogP) is 2.68. The first-order valence-electron chi connectivity index (χ1n) is 5.48. The molecule has 0 fully saturated rings. The summed E-state index contributed by atoms with van der Waals surface area (Å²) in [7, 11) is 0. The van der Waals surface area contributed by atoms with Gasteiger partial charge in [-0.3, -0.25) is 4.79 Å². The second kappa shape index (κ2) is 3.81. The van der Waals surface area contributed by atoms with Gasteiger partial charge in [-0.25, -0.2) is 4.98 Å².